The number of ketones is 1. The first-order chi connectivity index (χ1) is 8.58. The fourth-order valence-corrected chi connectivity index (χ4v) is 2.78. The van der Waals surface area contributed by atoms with Gasteiger partial charge < -0.3 is 5.11 Å². The van der Waals surface area contributed by atoms with Crippen molar-refractivity contribution in [1.29, 1.82) is 0 Å². The molecule has 1 atom stereocenters. The van der Waals surface area contributed by atoms with E-state index < -0.39 is 0 Å². The minimum Gasteiger partial charge on any atom is -0.396 e. The van der Waals surface area contributed by atoms with Crippen LogP contribution in [0.25, 0.3) is 0 Å². The van der Waals surface area contributed by atoms with Crippen LogP contribution in [-0.4, -0.2) is 17.5 Å². The van der Waals surface area contributed by atoms with Gasteiger partial charge in [-0.15, -0.1) is 0 Å². The third kappa shape index (κ3) is 2.25. The van der Waals surface area contributed by atoms with E-state index in [-0.39, 0.29) is 17.8 Å². The van der Waals surface area contributed by atoms with Crippen LogP contribution < -0.4 is 0 Å². The Morgan fingerprint density at radius 1 is 1.44 bits per heavy atom. The molecule has 0 aromatic rings. The molecule has 0 radical (unpaired) electrons. The number of rotatable bonds is 3. The zero-order chi connectivity index (χ0) is 13.2. The normalized spacial score (nSPS) is 29.1. The van der Waals surface area contributed by atoms with Gasteiger partial charge in [0, 0.05) is 17.6 Å². The van der Waals surface area contributed by atoms with Crippen LogP contribution in [0.15, 0.2) is 47.1 Å². The van der Waals surface area contributed by atoms with E-state index in [4.69, 9.17) is 5.11 Å². The van der Waals surface area contributed by atoms with Gasteiger partial charge in [0.1, 0.15) is 0 Å². The van der Waals surface area contributed by atoms with E-state index in [0.29, 0.717) is 0 Å². The molecule has 2 nitrogen and oxygen atoms in total. The van der Waals surface area contributed by atoms with Gasteiger partial charge in [0.15, 0.2) is 5.78 Å². The molecule has 96 valence electrons. The Bertz CT molecular complexity index is 477. The van der Waals surface area contributed by atoms with Gasteiger partial charge in [-0.1, -0.05) is 37.3 Å². The van der Waals surface area contributed by atoms with Gasteiger partial charge in [0.25, 0.3) is 0 Å². The number of aliphatic hydroxyl groups is 1. The molecule has 0 saturated carbocycles. The van der Waals surface area contributed by atoms with Gasteiger partial charge in [0.2, 0.25) is 0 Å². The van der Waals surface area contributed by atoms with E-state index in [1.54, 1.807) is 0 Å². The molecule has 0 saturated heterocycles. The van der Waals surface area contributed by atoms with Gasteiger partial charge in [-0.2, -0.15) is 0 Å². The van der Waals surface area contributed by atoms with Crippen LogP contribution in [0.3, 0.4) is 0 Å². The predicted molar refractivity (Wildman–Crippen MR) is 73.1 cm³/mol. The third-order valence-electron chi connectivity index (χ3n) is 3.80. The fraction of sp³-hybridized carbons (Fsp3) is 0.438. The molecule has 0 aliphatic heterocycles. The van der Waals surface area contributed by atoms with Crippen molar-refractivity contribution >= 4 is 5.78 Å². The molecular weight excluding hydrogens is 224 g/mol. The van der Waals surface area contributed by atoms with Crippen molar-refractivity contribution in [3.63, 3.8) is 0 Å². The second-order valence-electron chi connectivity index (χ2n) is 5.28. The van der Waals surface area contributed by atoms with Crippen molar-refractivity contribution in [2.45, 2.75) is 33.1 Å². The summed E-state index contributed by atoms with van der Waals surface area (Å²) in [5, 5.41) is 8.81. The summed E-state index contributed by atoms with van der Waals surface area (Å²) in [6.45, 7) is 4.27. The molecule has 2 rings (SSSR count). The highest BCUT2D eigenvalue weighted by molar-refractivity contribution is 6.10. The summed E-state index contributed by atoms with van der Waals surface area (Å²) in [6.07, 6.45) is 12.5. The first-order valence-electron chi connectivity index (χ1n) is 6.50. The van der Waals surface area contributed by atoms with E-state index >= 15 is 0 Å². The van der Waals surface area contributed by atoms with Crippen molar-refractivity contribution in [2.75, 3.05) is 6.61 Å². The number of carbonyl (C=O) groups is 1. The van der Waals surface area contributed by atoms with Crippen LogP contribution in [0.2, 0.25) is 0 Å². The lowest BCUT2D eigenvalue weighted by Crippen LogP contribution is -2.28. The maximum Gasteiger partial charge on any atom is 0.184 e. The number of carbonyl (C=O) groups excluding carboxylic acids is 1. The number of unbranched alkanes of at least 4 members (excludes halogenated alkanes) is 1. The van der Waals surface area contributed by atoms with E-state index in [9.17, 15) is 4.79 Å². The first-order valence-corrected chi connectivity index (χ1v) is 6.50. The molecule has 0 spiro atoms. The predicted octanol–water partition coefficient (Wildman–Crippen LogP) is 3.11. The van der Waals surface area contributed by atoms with Gasteiger partial charge in [-0.3, -0.25) is 4.79 Å². The molecule has 0 aromatic carbocycles. The molecule has 1 N–H and O–H groups in total. The van der Waals surface area contributed by atoms with Crippen LogP contribution in [0.4, 0.5) is 0 Å². The average Bonchev–Trinajstić information content (AvgIpc) is 2.35. The molecule has 0 amide bonds. The minimum atomic E-state index is -0.0439. The monoisotopic (exact) mass is 244 g/mol. The summed E-state index contributed by atoms with van der Waals surface area (Å²) in [5.41, 5.74) is 2.86. The van der Waals surface area contributed by atoms with E-state index in [1.807, 2.05) is 19.1 Å². The maximum absolute atomic E-state index is 12.3. The number of allylic oxidation sites excluding steroid dienone is 8. The topological polar surface area (TPSA) is 37.3 Å². The second kappa shape index (κ2) is 5.07. The Morgan fingerprint density at radius 3 is 2.94 bits per heavy atom. The zero-order valence-electron chi connectivity index (χ0n) is 11.1. The van der Waals surface area contributed by atoms with Crippen molar-refractivity contribution in [2.24, 2.45) is 5.41 Å². The standard InChI is InChI=1S/C16H20O2/c1-12-14-8-3-5-9-16(14,2)11-13(15(12)18)7-4-6-10-17/h3,5,7-9,17H,4,6,10-11H2,1-2H3. The molecule has 0 aromatic heterocycles. The lowest BCUT2D eigenvalue weighted by molar-refractivity contribution is -0.113. The Balaban J connectivity index is 2.34. The third-order valence-corrected chi connectivity index (χ3v) is 3.80. The fourth-order valence-electron chi connectivity index (χ4n) is 2.78. The quantitative estimate of drug-likeness (QED) is 0.612. The minimum absolute atomic E-state index is 0.0439. The molecule has 18 heavy (non-hydrogen) atoms. The second-order valence-corrected chi connectivity index (χ2v) is 5.28. The van der Waals surface area contributed by atoms with Crippen molar-refractivity contribution in [3.05, 3.63) is 47.1 Å². The summed E-state index contributed by atoms with van der Waals surface area (Å²) in [4.78, 5) is 12.3. The molecule has 0 bridgehead atoms. The summed E-state index contributed by atoms with van der Waals surface area (Å²) < 4.78 is 0. The Labute approximate surface area is 108 Å². The van der Waals surface area contributed by atoms with E-state index in [0.717, 1.165) is 36.0 Å². The Hall–Kier alpha value is -1.41. The number of Topliss-reactive ketones (excluding diaryl/α,β-unsaturated/α-hetero) is 1. The number of aliphatic hydroxyl groups excluding tert-OH is 1. The Kier molecular flexibility index (Phi) is 3.67. The van der Waals surface area contributed by atoms with Crippen LogP contribution >= 0.6 is 0 Å². The molecule has 2 heteroatoms. The smallest absolute Gasteiger partial charge is 0.184 e. The summed E-state index contributed by atoms with van der Waals surface area (Å²) in [7, 11) is 0. The lowest BCUT2D eigenvalue weighted by Gasteiger charge is -2.36. The molecule has 1 unspecified atom stereocenters. The van der Waals surface area contributed by atoms with E-state index in [2.05, 4.69) is 25.2 Å². The molecule has 2 aliphatic carbocycles. The summed E-state index contributed by atoms with van der Waals surface area (Å²) >= 11 is 0. The van der Waals surface area contributed by atoms with Crippen LogP contribution in [-0.2, 0) is 4.79 Å². The lowest BCUT2D eigenvalue weighted by atomic mass is 9.67. The highest BCUT2D eigenvalue weighted by Gasteiger charge is 2.36. The summed E-state index contributed by atoms with van der Waals surface area (Å²) in [5.74, 6) is 0.167. The van der Waals surface area contributed by atoms with Gasteiger partial charge >= 0.3 is 0 Å². The largest absolute Gasteiger partial charge is 0.396 e. The Morgan fingerprint density at radius 2 is 2.22 bits per heavy atom. The number of fused-ring (bicyclic) bond motifs is 1. The number of hydrogen-bond acceptors (Lipinski definition) is 2. The van der Waals surface area contributed by atoms with E-state index in [1.165, 1.54) is 0 Å². The average molecular weight is 244 g/mol. The van der Waals surface area contributed by atoms with Crippen LogP contribution in [0.1, 0.15) is 33.1 Å². The van der Waals surface area contributed by atoms with Crippen molar-refractivity contribution in [3.8, 4) is 0 Å². The molecule has 2 aliphatic rings. The SMILES string of the molecule is CC1=C2C=CC=CC2(C)CC(=CCCCO)C1=O. The summed E-state index contributed by atoms with van der Waals surface area (Å²) in [6, 6.07) is 0. The zero-order valence-corrected chi connectivity index (χ0v) is 11.1. The molecule has 0 fully saturated rings. The highest BCUT2D eigenvalue weighted by atomic mass is 16.2. The molecule has 0 heterocycles. The maximum atomic E-state index is 12.3. The highest BCUT2D eigenvalue weighted by Crippen LogP contribution is 2.44. The molecular formula is C16H20O2. The van der Waals surface area contributed by atoms with Crippen molar-refractivity contribution < 1.29 is 9.90 Å². The first kappa shape index (κ1) is 13.0. The van der Waals surface area contributed by atoms with Crippen molar-refractivity contribution in [1.82, 2.24) is 0 Å². The number of hydrogen-bond donors (Lipinski definition) is 1. The van der Waals surface area contributed by atoms with Gasteiger partial charge in [-0.25, -0.2) is 0 Å². The van der Waals surface area contributed by atoms with Crippen LogP contribution in [0.5, 0.6) is 0 Å². The van der Waals surface area contributed by atoms with Gasteiger partial charge in [-0.05, 0) is 37.3 Å². The van der Waals surface area contributed by atoms with Gasteiger partial charge in [0.05, 0.1) is 0 Å². The van der Waals surface area contributed by atoms with Crippen LogP contribution in [0, 0.1) is 5.41 Å².